The number of hydrogen-bond acceptors (Lipinski definition) is 2. The van der Waals surface area contributed by atoms with Crippen LogP contribution < -0.4 is 0 Å². The number of unbranched alkanes of at least 4 members (excludes halogenated alkanes) is 11. The molecule has 0 spiro atoms. The summed E-state index contributed by atoms with van der Waals surface area (Å²) in [4.78, 5) is 12.2. The van der Waals surface area contributed by atoms with Gasteiger partial charge in [0.2, 0.25) is 0 Å². The standard InChI is InChI=1S/C21H42O2/c1-5-7-9-11-13-15-17-19-23-20(22)21(3,4)18-16-14-12-10-8-6-2/h5-19H2,1-4H3. The quantitative estimate of drug-likeness (QED) is 0.224. The van der Waals surface area contributed by atoms with E-state index < -0.39 is 0 Å². The number of rotatable bonds is 16. The third-order valence-electron chi connectivity index (χ3n) is 4.69. The normalized spacial score (nSPS) is 11.7. The van der Waals surface area contributed by atoms with Crippen molar-refractivity contribution in [1.82, 2.24) is 0 Å². The first kappa shape index (κ1) is 22.5. The molecule has 0 saturated carbocycles. The molecule has 2 heteroatoms. The van der Waals surface area contributed by atoms with Gasteiger partial charge in [0.05, 0.1) is 12.0 Å². The van der Waals surface area contributed by atoms with Crippen molar-refractivity contribution in [2.75, 3.05) is 6.61 Å². The largest absolute Gasteiger partial charge is 0.465 e. The summed E-state index contributed by atoms with van der Waals surface area (Å²) < 4.78 is 5.49. The van der Waals surface area contributed by atoms with Crippen LogP contribution in [0.4, 0.5) is 0 Å². The average Bonchev–Trinajstić information content (AvgIpc) is 2.53. The monoisotopic (exact) mass is 326 g/mol. The van der Waals surface area contributed by atoms with Gasteiger partial charge in [-0.1, -0.05) is 90.9 Å². The molecule has 0 aromatic carbocycles. The second-order valence-electron chi connectivity index (χ2n) is 7.66. The Labute approximate surface area is 145 Å². The van der Waals surface area contributed by atoms with Crippen LogP contribution in [0.3, 0.4) is 0 Å². The molecule has 0 heterocycles. The van der Waals surface area contributed by atoms with E-state index in [2.05, 4.69) is 13.8 Å². The Kier molecular flexibility index (Phi) is 14.7. The molecule has 0 aliphatic heterocycles. The van der Waals surface area contributed by atoms with Crippen LogP contribution in [0.25, 0.3) is 0 Å². The minimum atomic E-state index is -0.314. The van der Waals surface area contributed by atoms with Gasteiger partial charge in [-0.05, 0) is 26.7 Å². The lowest BCUT2D eigenvalue weighted by molar-refractivity contribution is -0.154. The lowest BCUT2D eigenvalue weighted by atomic mass is 9.87. The van der Waals surface area contributed by atoms with Gasteiger partial charge in [-0.25, -0.2) is 0 Å². The minimum Gasteiger partial charge on any atom is -0.465 e. The van der Waals surface area contributed by atoms with E-state index in [-0.39, 0.29) is 11.4 Å². The molecule has 0 bridgehead atoms. The van der Waals surface area contributed by atoms with Gasteiger partial charge in [0.15, 0.2) is 0 Å². The van der Waals surface area contributed by atoms with Crippen LogP contribution in [0.1, 0.15) is 118 Å². The third kappa shape index (κ3) is 13.6. The lowest BCUT2D eigenvalue weighted by Crippen LogP contribution is -2.27. The van der Waals surface area contributed by atoms with Crippen molar-refractivity contribution in [1.29, 1.82) is 0 Å². The molecule has 0 amide bonds. The summed E-state index contributed by atoms with van der Waals surface area (Å²) >= 11 is 0. The first-order valence-electron chi connectivity index (χ1n) is 10.2. The van der Waals surface area contributed by atoms with Gasteiger partial charge in [-0.15, -0.1) is 0 Å². The topological polar surface area (TPSA) is 26.3 Å². The molecular weight excluding hydrogens is 284 g/mol. The van der Waals surface area contributed by atoms with Crippen LogP contribution in [0.15, 0.2) is 0 Å². The highest BCUT2D eigenvalue weighted by Crippen LogP contribution is 2.26. The second-order valence-corrected chi connectivity index (χ2v) is 7.66. The Morgan fingerprint density at radius 3 is 1.65 bits per heavy atom. The molecule has 0 saturated heterocycles. The molecule has 2 nitrogen and oxygen atoms in total. The van der Waals surface area contributed by atoms with E-state index in [0.29, 0.717) is 6.61 Å². The van der Waals surface area contributed by atoms with E-state index >= 15 is 0 Å². The number of ether oxygens (including phenoxy) is 1. The summed E-state index contributed by atoms with van der Waals surface area (Å²) in [5.41, 5.74) is -0.314. The fraction of sp³-hybridized carbons (Fsp3) is 0.952. The molecular formula is C21H42O2. The van der Waals surface area contributed by atoms with Gasteiger partial charge in [-0.2, -0.15) is 0 Å². The maximum atomic E-state index is 12.2. The van der Waals surface area contributed by atoms with E-state index in [1.165, 1.54) is 70.6 Å². The van der Waals surface area contributed by atoms with Gasteiger partial charge >= 0.3 is 5.97 Å². The Morgan fingerprint density at radius 1 is 0.696 bits per heavy atom. The highest BCUT2D eigenvalue weighted by atomic mass is 16.5. The van der Waals surface area contributed by atoms with Gasteiger partial charge in [0.1, 0.15) is 0 Å². The van der Waals surface area contributed by atoms with Crippen LogP contribution in [0, 0.1) is 5.41 Å². The highest BCUT2D eigenvalue weighted by molar-refractivity contribution is 5.75. The lowest BCUT2D eigenvalue weighted by Gasteiger charge is -2.22. The number of esters is 1. The Bertz CT molecular complexity index is 271. The minimum absolute atomic E-state index is 0.00274. The second kappa shape index (κ2) is 15.0. The summed E-state index contributed by atoms with van der Waals surface area (Å²) in [6.07, 6.45) is 17.4. The van der Waals surface area contributed by atoms with Crippen LogP contribution in [0.2, 0.25) is 0 Å². The smallest absolute Gasteiger partial charge is 0.311 e. The Hall–Kier alpha value is -0.530. The summed E-state index contributed by atoms with van der Waals surface area (Å²) in [5, 5.41) is 0. The molecule has 138 valence electrons. The van der Waals surface area contributed by atoms with Crippen LogP contribution in [-0.2, 0) is 9.53 Å². The SMILES string of the molecule is CCCCCCCCCOC(=O)C(C)(C)CCCCCCCC. The molecule has 0 aromatic heterocycles. The Morgan fingerprint density at radius 2 is 1.13 bits per heavy atom. The fourth-order valence-corrected chi connectivity index (χ4v) is 2.87. The Balaban J connectivity index is 3.58. The van der Waals surface area contributed by atoms with Gasteiger partial charge < -0.3 is 4.74 Å². The third-order valence-corrected chi connectivity index (χ3v) is 4.69. The molecule has 0 unspecified atom stereocenters. The van der Waals surface area contributed by atoms with Crippen molar-refractivity contribution in [3.05, 3.63) is 0 Å². The van der Waals surface area contributed by atoms with Gasteiger partial charge in [-0.3, -0.25) is 4.79 Å². The molecule has 0 aromatic rings. The van der Waals surface area contributed by atoms with E-state index in [4.69, 9.17) is 4.74 Å². The number of carbonyl (C=O) groups excluding carboxylic acids is 1. The summed E-state index contributed by atoms with van der Waals surface area (Å²) in [7, 11) is 0. The molecule has 0 rings (SSSR count). The van der Waals surface area contributed by atoms with E-state index in [9.17, 15) is 4.79 Å². The van der Waals surface area contributed by atoms with E-state index in [1.54, 1.807) is 0 Å². The van der Waals surface area contributed by atoms with Crippen molar-refractivity contribution in [2.45, 2.75) is 118 Å². The van der Waals surface area contributed by atoms with Crippen molar-refractivity contribution >= 4 is 5.97 Å². The molecule has 0 N–H and O–H groups in total. The summed E-state index contributed by atoms with van der Waals surface area (Å²) in [5.74, 6) is -0.00274. The van der Waals surface area contributed by atoms with Crippen molar-refractivity contribution in [2.24, 2.45) is 5.41 Å². The zero-order chi connectivity index (χ0) is 17.4. The van der Waals surface area contributed by atoms with Gasteiger partial charge in [0, 0.05) is 0 Å². The highest BCUT2D eigenvalue weighted by Gasteiger charge is 2.28. The van der Waals surface area contributed by atoms with Crippen molar-refractivity contribution < 1.29 is 9.53 Å². The molecule has 0 radical (unpaired) electrons. The number of carbonyl (C=O) groups is 1. The van der Waals surface area contributed by atoms with Crippen molar-refractivity contribution in [3.8, 4) is 0 Å². The van der Waals surface area contributed by atoms with E-state index in [1.807, 2.05) is 13.8 Å². The van der Waals surface area contributed by atoms with E-state index in [0.717, 1.165) is 19.3 Å². The first-order valence-corrected chi connectivity index (χ1v) is 10.2. The molecule has 0 atom stereocenters. The van der Waals surface area contributed by atoms with Gasteiger partial charge in [0.25, 0.3) is 0 Å². The zero-order valence-corrected chi connectivity index (χ0v) is 16.4. The first-order chi connectivity index (χ1) is 11.0. The molecule has 0 aliphatic carbocycles. The summed E-state index contributed by atoms with van der Waals surface area (Å²) in [6, 6.07) is 0. The molecule has 23 heavy (non-hydrogen) atoms. The molecule has 0 fully saturated rings. The zero-order valence-electron chi connectivity index (χ0n) is 16.4. The van der Waals surface area contributed by atoms with Crippen LogP contribution in [-0.4, -0.2) is 12.6 Å². The van der Waals surface area contributed by atoms with Crippen LogP contribution in [0.5, 0.6) is 0 Å². The number of hydrogen-bond donors (Lipinski definition) is 0. The summed E-state index contributed by atoms with van der Waals surface area (Å²) in [6.45, 7) is 9.15. The molecule has 0 aliphatic rings. The van der Waals surface area contributed by atoms with Crippen molar-refractivity contribution in [3.63, 3.8) is 0 Å². The maximum absolute atomic E-state index is 12.2. The predicted molar refractivity (Wildman–Crippen MR) is 101 cm³/mol. The fourth-order valence-electron chi connectivity index (χ4n) is 2.87. The predicted octanol–water partition coefficient (Wildman–Crippen LogP) is 7.06. The van der Waals surface area contributed by atoms with Crippen LogP contribution >= 0.6 is 0 Å². The maximum Gasteiger partial charge on any atom is 0.311 e. The average molecular weight is 327 g/mol.